The number of carbonyl (C=O) groups is 3. The third-order valence-corrected chi connectivity index (χ3v) is 7.57. The third-order valence-electron chi connectivity index (χ3n) is 7.57. The molecular formula is C29H29N5O3. The van der Waals surface area contributed by atoms with Crippen LogP contribution in [0.5, 0.6) is 0 Å². The quantitative estimate of drug-likeness (QED) is 0.556. The van der Waals surface area contributed by atoms with Crippen molar-refractivity contribution in [1.82, 2.24) is 14.8 Å². The number of aromatic nitrogens is 1. The molecule has 1 aromatic heterocycles. The highest BCUT2D eigenvalue weighted by Crippen LogP contribution is 2.33. The number of rotatable bonds is 4. The molecule has 1 atom stereocenters. The van der Waals surface area contributed by atoms with Crippen LogP contribution in [0.4, 0.5) is 11.5 Å². The summed E-state index contributed by atoms with van der Waals surface area (Å²) in [6.07, 6.45) is 3.31. The van der Waals surface area contributed by atoms with Gasteiger partial charge in [-0.25, -0.2) is 4.98 Å². The maximum Gasteiger partial charge on any atom is 0.256 e. The summed E-state index contributed by atoms with van der Waals surface area (Å²) in [6, 6.07) is 20.3. The first-order valence-corrected chi connectivity index (χ1v) is 12.9. The average molecular weight is 496 g/mol. The standard InChI is InChI=1S/C29H29N5O3/c35-27(32-18-16-31(17-19-32)26-9-3-4-14-30-26)22-12-10-21(11-13-22)20-34-24-7-2-1-6-23(24)28(36)33-15-5-8-25(33)29(34)37/h1-4,6-7,9-14,25H,5,8,15-20H2/t25-/m0/s1. The van der Waals surface area contributed by atoms with Gasteiger partial charge in [0.05, 0.1) is 17.8 Å². The molecule has 2 saturated heterocycles. The maximum absolute atomic E-state index is 13.5. The van der Waals surface area contributed by atoms with Crippen LogP contribution in [0.15, 0.2) is 72.9 Å². The molecule has 188 valence electrons. The number of amides is 3. The van der Waals surface area contributed by atoms with Gasteiger partial charge in [-0.1, -0.05) is 30.3 Å². The number of hydrogen-bond acceptors (Lipinski definition) is 5. The van der Waals surface area contributed by atoms with Gasteiger partial charge in [0.15, 0.2) is 0 Å². The van der Waals surface area contributed by atoms with Crippen molar-refractivity contribution < 1.29 is 14.4 Å². The topological polar surface area (TPSA) is 77.1 Å². The lowest BCUT2D eigenvalue weighted by atomic mass is 10.1. The summed E-state index contributed by atoms with van der Waals surface area (Å²) in [5.74, 6) is 0.835. The Morgan fingerprint density at radius 3 is 2.38 bits per heavy atom. The van der Waals surface area contributed by atoms with E-state index in [1.165, 1.54) is 0 Å². The van der Waals surface area contributed by atoms with Crippen molar-refractivity contribution in [2.75, 3.05) is 42.5 Å². The second-order valence-corrected chi connectivity index (χ2v) is 9.76. The molecule has 8 nitrogen and oxygen atoms in total. The molecule has 0 N–H and O–H groups in total. The van der Waals surface area contributed by atoms with E-state index in [1.807, 2.05) is 65.6 Å². The molecule has 6 rings (SSSR count). The number of fused-ring (bicyclic) bond motifs is 2. The monoisotopic (exact) mass is 495 g/mol. The third kappa shape index (κ3) is 4.33. The molecule has 2 aromatic carbocycles. The lowest BCUT2D eigenvalue weighted by Gasteiger charge is -2.35. The summed E-state index contributed by atoms with van der Waals surface area (Å²) in [4.78, 5) is 51.7. The molecular weight excluding hydrogens is 466 g/mol. The SMILES string of the molecule is O=C(c1ccc(CN2C(=O)[C@@H]3CCCN3C(=O)c3ccccc32)cc1)N1CCN(c2ccccn2)CC1. The van der Waals surface area contributed by atoms with Crippen molar-refractivity contribution in [2.45, 2.75) is 25.4 Å². The minimum atomic E-state index is -0.412. The van der Waals surface area contributed by atoms with Gasteiger partial charge in [-0.15, -0.1) is 0 Å². The molecule has 37 heavy (non-hydrogen) atoms. The first kappa shape index (κ1) is 23.2. The van der Waals surface area contributed by atoms with Crippen LogP contribution in [0.25, 0.3) is 0 Å². The fourth-order valence-electron chi connectivity index (χ4n) is 5.57. The zero-order valence-corrected chi connectivity index (χ0v) is 20.6. The molecule has 0 spiro atoms. The average Bonchev–Trinajstić information content (AvgIpc) is 3.43. The molecule has 3 aromatic rings. The van der Waals surface area contributed by atoms with Crippen molar-refractivity contribution in [3.05, 3.63) is 89.6 Å². The molecule has 3 aliphatic rings. The number of para-hydroxylation sites is 1. The van der Waals surface area contributed by atoms with Gasteiger partial charge in [0.2, 0.25) is 5.91 Å². The molecule has 8 heteroatoms. The van der Waals surface area contributed by atoms with Crippen LogP contribution in [-0.4, -0.2) is 71.3 Å². The second-order valence-electron chi connectivity index (χ2n) is 9.76. The molecule has 0 aliphatic carbocycles. The van der Waals surface area contributed by atoms with Crippen molar-refractivity contribution >= 4 is 29.2 Å². The van der Waals surface area contributed by atoms with Gasteiger partial charge in [-0.2, -0.15) is 0 Å². The zero-order chi connectivity index (χ0) is 25.4. The summed E-state index contributed by atoms with van der Waals surface area (Å²) in [5, 5.41) is 0. The van der Waals surface area contributed by atoms with E-state index in [4.69, 9.17) is 0 Å². The molecule has 4 heterocycles. The highest BCUT2D eigenvalue weighted by atomic mass is 16.2. The van der Waals surface area contributed by atoms with E-state index >= 15 is 0 Å². The van der Waals surface area contributed by atoms with E-state index in [9.17, 15) is 14.4 Å². The predicted octanol–water partition coefficient (Wildman–Crippen LogP) is 3.20. The number of piperazine rings is 1. The largest absolute Gasteiger partial charge is 0.353 e. The predicted molar refractivity (Wildman–Crippen MR) is 140 cm³/mol. The molecule has 3 aliphatic heterocycles. The smallest absolute Gasteiger partial charge is 0.256 e. The molecule has 0 bridgehead atoms. The van der Waals surface area contributed by atoms with Crippen LogP contribution in [0.1, 0.15) is 39.1 Å². The minimum absolute atomic E-state index is 0.00982. The first-order valence-electron chi connectivity index (χ1n) is 12.9. The Balaban J connectivity index is 1.16. The van der Waals surface area contributed by atoms with E-state index in [1.54, 1.807) is 22.1 Å². The van der Waals surface area contributed by atoms with Gasteiger partial charge in [0, 0.05) is 44.5 Å². The van der Waals surface area contributed by atoms with Crippen LogP contribution in [-0.2, 0) is 11.3 Å². The number of pyridine rings is 1. The highest BCUT2D eigenvalue weighted by Gasteiger charge is 2.41. The van der Waals surface area contributed by atoms with Crippen molar-refractivity contribution in [3.63, 3.8) is 0 Å². The Morgan fingerprint density at radius 1 is 0.865 bits per heavy atom. The summed E-state index contributed by atoms with van der Waals surface area (Å²) in [5.41, 5.74) is 2.77. The number of nitrogens with zero attached hydrogens (tertiary/aromatic N) is 5. The summed E-state index contributed by atoms with van der Waals surface area (Å²) >= 11 is 0. The minimum Gasteiger partial charge on any atom is -0.353 e. The van der Waals surface area contributed by atoms with Gasteiger partial charge in [-0.05, 0) is 54.8 Å². The molecule has 0 radical (unpaired) electrons. The summed E-state index contributed by atoms with van der Waals surface area (Å²) in [7, 11) is 0. The lowest BCUT2D eigenvalue weighted by molar-refractivity contribution is -0.122. The van der Waals surface area contributed by atoms with E-state index in [0.717, 1.165) is 30.9 Å². The number of hydrogen-bond donors (Lipinski definition) is 0. The van der Waals surface area contributed by atoms with Crippen molar-refractivity contribution in [1.29, 1.82) is 0 Å². The molecule has 0 unspecified atom stereocenters. The summed E-state index contributed by atoms with van der Waals surface area (Å²) in [6.45, 7) is 3.74. The van der Waals surface area contributed by atoms with Crippen LogP contribution < -0.4 is 9.80 Å². The van der Waals surface area contributed by atoms with Gasteiger partial charge in [0.25, 0.3) is 11.8 Å². The van der Waals surface area contributed by atoms with Crippen molar-refractivity contribution in [2.24, 2.45) is 0 Å². The highest BCUT2D eigenvalue weighted by molar-refractivity contribution is 6.11. The fraction of sp³-hybridized carbons (Fsp3) is 0.310. The first-order chi connectivity index (χ1) is 18.1. The van der Waals surface area contributed by atoms with Gasteiger partial charge in [-0.3, -0.25) is 14.4 Å². The fourth-order valence-corrected chi connectivity index (χ4v) is 5.57. The van der Waals surface area contributed by atoms with Gasteiger partial charge >= 0.3 is 0 Å². The van der Waals surface area contributed by atoms with Crippen LogP contribution >= 0.6 is 0 Å². The van der Waals surface area contributed by atoms with Crippen LogP contribution in [0, 0.1) is 0 Å². The maximum atomic E-state index is 13.5. The number of anilines is 2. The Hall–Kier alpha value is -4.20. The van der Waals surface area contributed by atoms with Crippen molar-refractivity contribution in [3.8, 4) is 0 Å². The van der Waals surface area contributed by atoms with Gasteiger partial charge in [0.1, 0.15) is 11.9 Å². The zero-order valence-electron chi connectivity index (χ0n) is 20.6. The van der Waals surface area contributed by atoms with Crippen LogP contribution in [0.2, 0.25) is 0 Å². The van der Waals surface area contributed by atoms with Gasteiger partial charge < -0.3 is 19.6 Å². The molecule has 2 fully saturated rings. The van der Waals surface area contributed by atoms with E-state index in [0.29, 0.717) is 49.4 Å². The Kier molecular flexibility index (Phi) is 6.08. The molecule has 3 amide bonds. The van der Waals surface area contributed by atoms with E-state index in [-0.39, 0.29) is 17.7 Å². The second kappa shape index (κ2) is 9.69. The van der Waals surface area contributed by atoms with E-state index in [2.05, 4.69) is 9.88 Å². The Labute approximate surface area is 216 Å². The van der Waals surface area contributed by atoms with E-state index < -0.39 is 6.04 Å². The summed E-state index contributed by atoms with van der Waals surface area (Å²) < 4.78 is 0. The Bertz CT molecular complexity index is 1320. The number of carbonyl (C=O) groups excluding carboxylic acids is 3. The van der Waals surface area contributed by atoms with Crippen LogP contribution in [0.3, 0.4) is 0 Å². The normalized spacial score (nSPS) is 19.5. The lowest BCUT2D eigenvalue weighted by Crippen LogP contribution is -2.49. The molecule has 0 saturated carbocycles. The number of benzene rings is 2. The Morgan fingerprint density at radius 2 is 1.62 bits per heavy atom.